The zero-order chi connectivity index (χ0) is 12.7. The smallest absolute Gasteiger partial charge is 0.328 e. The van der Waals surface area contributed by atoms with Gasteiger partial charge in [0.25, 0.3) is 0 Å². The number of rotatable bonds is 1. The van der Waals surface area contributed by atoms with E-state index in [0.717, 1.165) is 0 Å². The number of nitrogens with one attached hydrogen (secondary N) is 1. The van der Waals surface area contributed by atoms with Gasteiger partial charge in [-0.3, -0.25) is 19.4 Å². The molecule has 0 aliphatic carbocycles. The first-order chi connectivity index (χ1) is 8.66. The van der Waals surface area contributed by atoms with E-state index in [1.54, 1.807) is 16.5 Å². The van der Waals surface area contributed by atoms with Crippen molar-refractivity contribution in [1.82, 2.24) is 19.9 Å². The van der Waals surface area contributed by atoms with Crippen molar-refractivity contribution in [2.24, 2.45) is 0 Å². The fourth-order valence-corrected chi connectivity index (χ4v) is 1.92. The summed E-state index contributed by atoms with van der Waals surface area (Å²) < 4.78 is 1.58. The number of aromatic nitrogens is 3. The number of nitrogen functional groups attached to an aromatic ring is 1. The summed E-state index contributed by atoms with van der Waals surface area (Å²) in [6, 6.07) is 2.89. The molecule has 3 heterocycles. The Kier molecular flexibility index (Phi) is 2.15. The van der Waals surface area contributed by atoms with Crippen LogP contribution in [0, 0.1) is 0 Å². The van der Waals surface area contributed by atoms with E-state index in [0.29, 0.717) is 23.7 Å². The predicted molar refractivity (Wildman–Crippen MR) is 62.9 cm³/mol. The van der Waals surface area contributed by atoms with E-state index in [1.807, 2.05) is 0 Å². The molecule has 92 valence electrons. The molecule has 1 aliphatic rings. The lowest BCUT2D eigenvalue weighted by Crippen LogP contribution is -2.49. The van der Waals surface area contributed by atoms with Gasteiger partial charge in [0.1, 0.15) is 12.1 Å². The molecule has 0 spiro atoms. The van der Waals surface area contributed by atoms with Crippen LogP contribution in [0.5, 0.6) is 0 Å². The summed E-state index contributed by atoms with van der Waals surface area (Å²) in [6.07, 6.45) is 1.73. The molecule has 0 atom stereocenters. The highest BCUT2D eigenvalue weighted by atomic mass is 16.2. The summed E-state index contributed by atoms with van der Waals surface area (Å²) in [5.74, 6) is 0.205. The van der Waals surface area contributed by atoms with Crippen molar-refractivity contribution in [3.8, 4) is 0 Å². The Balaban J connectivity index is 2.09. The minimum atomic E-state index is -0.457. The summed E-state index contributed by atoms with van der Waals surface area (Å²) in [5, 5.41) is 9.96. The molecule has 0 aromatic carbocycles. The fraction of sp³-hybridized carbons (Fsp3) is 0.200. The lowest BCUT2D eigenvalue weighted by atomic mass is 10.2. The van der Waals surface area contributed by atoms with Crippen LogP contribution in [0.25, 0.3) is 5.65 Å². The van der Waals surface area contributed by atoms with Crippen LogP contribution in [-0.4, -0.2) is 33.1 Å². The number of hydrogen-bond donors (Lipinski definition) is 2. The largest absolute Gasteiger partial charge is 0.385 e. The van der Waals surface area contributed by atoms with E-state index in [2.05, 4.69) is 15.5 Å². The Bertz CT molecular complexity index is 649. The topological polar surface area (TPSA) is 106 Å². The molecule has 1 aliphatic heterocycles. The van der Waals surface area contributed by atoms with Gasteiger partial charge in [0.2, 0.25) is 5.91 Å². The second kappa shape index (κ2) is 3.69. The van der Waals surface area contributed by atoms with E-state index in [9.17, 15) is 9.59 Å². The molecule has 3 N–H and O–H groups in total. The van der Waals surface area contributed by atoms with Crippen LogP contribution in [0.3, 0.4) is 0 Å². The first-order valence-electron chi connectivity index (χ1n) is 5.36. The van der Waals surface area contributed by atoms with Gasteiger partial charge < -0.3 is 5.73 Å². The maximum absolute atomic E-state index is 11.8. The minimum Gasteiger partial charge on any atom is -0.385 e. The number of carbonyl (C=O) groups excluding carboxylic acids is 2. The average Bonchev–Trinajstić information content (AvgIpc) is 2.81. The van der Waals surface area contributed by atoms with Crippen molar-refractivity contribution < 1.29 is 9.59 Å². The Labute approximate surface area is 101 Å². The number of carbonyl (C=O) groups is 2. The second-order valence-electron chi connectivity index (χ2n) is 3.92. The Morgan fingerprint density at radius 1 is 1.33 bits per heavy atom. The van der Waals surface area contributed by atoms with Crippen LogP contribution in [0.1, 0.15) is 6.42 Å². The summed E-state index contributed by atoms with van der Waals surface area (Å²) in [6.45, 7) is 0.317. The van der Waals surface area contributed by atoms with Crippen molar-refractivity contribution in [2.45, 2.75) is 6.42 Å². The second-order valence-corrected chi connectivity index (χ2v) is 3.92. The third-order valence-electron chi connectivity index (χ3n) is 2.81. The van der Waals surface area contributed by atoms with Crippen LogP contribution < -0.4 is 16.0 Å². The summed E-state index contributed by atoms with van der Waals surface area (Å²) in [7, 11) is 0. The number of anilines is 2. The molecule has 0 bridgehead atoms. The summed E-state index contributed by atoms with van der Waals surface area (Å²) in [5.41, 5.74) is 6.83. The zero-order valence-electron chi connectivity index (χ0n) is 9.33. The molecule has 3 rings (SSSR count). The Morgan fingerprint density at radius 3 is 2.94 bits per heavy atom. The molecule has 3 amide bonds. The molecule has 0 saturated carbocycles. The molecular weight excluding hydrogens is 236 g/mol. The Morgan fingerprint density at radius 2 is 2.17 bits per heavy atom. The maximum Gasteiger partial charge on any atom is 0.328 e. The minimum absolute atomic E-state index is 0.260. The van der Waals surface area contributed by atoms with Crippen LogP contribution in [0.2, 0.25) is 0 Å². The van der Waals surface area contributed by atoms with Crippen molar-refractivity contribution in [3.05, 3.63) is 18.5 Å². The highest BCUT2D eigenvalue weighted by Crippen LogP contribution is 2.23. The van der Waals surface area contributed by atoms with E-state index < -0.39 is 6.03 Å². The predicted octanol–water partition coefficient (Wildman–Crippen LogP) is -0.242. The molecule has 8 heteroatoms. The number of fused-ring (bicyclic) bond motifs is 1. The SMILES string of the molecule is Nc1ccc(N2CCC(=O)NC2=O)c2nncn12. The monoisotopic (exact) mass is 246 g/mol. The van der Waals surface area contributed by atoms with Gasteiger partial charge in [0.05, 0.1) is 5.69 Å². The van der Waals surface area contributed by atoms with Crippen LogP contribution in [0.15, 0.2) is 18.5 Å². The molecule has 2 aromatic heterocycles. The van der Waals surface area contributed by atoms with E-state index in [-0.39, 0.29) is 12.3 Å². The summed E-state index contributed by atoms with van der Waals surface area (Å²) >= 11 is 0. The van der Waals surface area contributed by atoms with Crippen molar-refractivity contribution >= 4 is 29.1 Å². The molecule has 8 nitrogen and oxygen atoms in total. The van der Waals surface area contributed by atoms with Gasteiger partial charge in [-0.15, -0.1) is 10.2 Å². The number of imide groups is 1. The first kappa shape index (κ1) is 10.5. The Hall–Kier alpha value is -2.64. The molecule has 2 aromatic rings. The number of pyridine rings is 1. The number of nitrogens with zero attached hydrogens (tertiary/aromatic N) is 4. The normalized spacial score (nSPS) is 16.1. The summed E-state index contributed by atoms with van der Waals surface area (Å²) in [4.78, 5) is 24.3. The standard InChI is InChI=1S/C10H10N6O2/c11-7-2-1-6(9-14-12-5-16(7)9)15-4-3-8(17)13-10(15)18/h1-2,5H,3-4,11H2,(H,13,17,18). The van der Waals surface area contributed by atoms with Crippen molar-refractivity contribution in [1.29, 1.82) is 0 Å². The van der Waals surface area contributed by atoms with Crippen molar-refractivity contribution in [2.75, 3.05) is 17.2 Å². The van der Waals surface area contributed by atoms with Gasteiger partial charge in [0.15, 0.2) is 5.65 Å². The van der Waals surface area contributed by atoms with Crippen molar-refractivity contribution in [3.63, 3.8) is 0 Å². The number of hydrogen-bond acceptors (Lipinski definition) is 5. The first-order valence-corrected chi connectivity index (χ1v) is 5.36. The van der Waals surface area contributed by atoms with Gasteiger partial charge in [-0.05, 0) is 12.1 Å². The fourth-order valence-electron chi connectivity index (χ4n) is 1.92. The number of nitrogens with two attached hydrogens (primary N) is 1. The molecular formula is C10H10N6O2. The van der Waals surface area contributed by atoms with E-state index in [1.165, 1.54) is 11.2 Å². The third kappa shape index (κ3) is 1.46. The highest BCUT2D eigenvalue weighted by Gasteiger charge is 2.26. The quantitative estimate of drug-likeness (QED) is 0.722. The lowest BCUT2D eigenvalue weighted by molar-refractivity contribution is -0.120. The van der Waals surface area contributed by atoms with E-state index >= 15 is 0 Å². The van der Waals surface area contributed by atoms with Gasteiger partial charge in [-0.1, -0.05) is 0 Å². The van der Waals surface area contributed by atoms with Crippen LogP contribution >= 0.6 is 0 Å². The van der Waals surface area contributed by atoms with Gasteiger partial charge in [-0.2, -0.15) is 0 Å². The molecule has 0 unspecified atom stereocenters. The zero-order valence-corrected chi connectivity index (χ0v) is 9.33. The van der Waals surface area contributed by atoms with Gasteiger partial charge in [0, 0.05) is 13.0 Å². The third-order valence-corrected chi connectivity index (χ3v) is 2.81. The van der Waals surface area contributed by atoms with Gasteiger partial charge >= 0.3 is 6.03 Å². The highest BCUT2D eigenvalue weighted by molar-refractivity contribution is 6.07. The molecule has 1 saturated heterocycles. The maximum atomic E-state index is 11.8. The van der Waals surface area contributed by atoms with Crippen LogP contribution in [0.4, 0.5) is 16.3 Å². The molecule has 18 heavy (non-hydrogen) atoms. The number of amides is 3. The lowest BCUT2D eigenvalue weighted by Gasteiger charge is -2.26. The van der Waals surface area contributed by atoms with E-state index in [4.69, 9.17) is 5.73 Å². The molecule has 1 fully saturated rings. The van der Waals surface area contributed by atoms with Gasteiger partial charge in [-0.25, -0.2) is 4.79 Å². The number of urea groups is 1. The van der Waals surface area contributed by atoms with Crippen LogP contribution in [-0.2, 0) is 4.79 Å². The molecule has 0 radical (unpaired) electrons. The average molecular weight is 246 g/mol.